The van der Waals surface area contributed by atoms with Crippen molar-refractivity contribution in [2.24, 2.45) is 5.92 Å². The van der Waals surface area contributed by atoms with Gasteiger partial charge in [-0.25, -0.2) is 9.97 Å². The van der Waals surface area contributed by atoms with Gasteiger partial charge in [0.05, 0.1) is 0 Å². The average molecular weight is 396 g/mol. The minimum Gasteiger partial charge on any atom is -0.454 e. The zero-order chi connectivity index (χ0) is 19.6. The van der Waals surface area contributed by atoms with E-state index in [1.807, 2.05) is 18.2 Å². The van der Waals surface area contributed by atoms with E-state index >= 15 is 0 Å². The van der Waals surface area contributed by atoms with E-state index in [1.165, 1.54) is 0 Å². The average Bonchev–Trinajstić information content (AvgIpc) is 3.40. The quantitative estimate of drug-likeness (QED) is 0.770. The summed E-state index contributed by atoms with van der Waals surface area (Å²) < 4.78 is 16.3. The maximum atomic E-state index is 12.4. The third-order valence-corrected chi connectivity index (χ3v) is 5.60. The molecule has 0 radical (unpaired) electrons. The molecule has 1 saturated heterocycles. The number of rotatable bonds is 6. The predicted molar refractivity (Wildman–Crippen MR) is 105 cm³/mol. The first-order valence-corrected chi connectivity index (χ1v) is 10.1. The fourth-order valence-electron chi connectivity index (χ4n) is 4.00. The Labute approximate surface area is 169 Å². The van der Waals surface area contributed by atoms with Crippen LogP contribution < -0.4 is 20.1 Å². The summed E-state index contributed by atoms with van der Waals surface area (Å²) in [5, 5.41) is 6.34. The lowest BCUT2D eigenvalue weighted by molar-refractivity contribution is 0.0940. The van der Waals surface area contributed by atoms with Crippen molar-refractivity contribution >= 4 is 11.7 Å². The molecule has 0 bridgehead atoms. The number of hydrogen-bond donors (Lipinski definition) is 2. The Balaban J connectivity index is 1.38. The highest BCUT2D eigenvalue weighted by atomic mass is 16.7. The number of fused-ring (bicyclic) bond motifs is 2. The highest BCUT2D eigenvalue weighted by molar-refractivity contribution is 5.96. The van der Waals surface area contributed by atoms with Gasteiger partial charge in [-0.3, -0.25) is 4.79 Å². The number of nitrogens with zero attached hydrogens (tertiary/aromatic N) is 2. The minimum atomic E-state index is -0.132. The van der Waals surface area contributed by atoms with Gasteiger partial charge in [0, 0.05) is 38.3 Å². The highest BCUT2D eigenvalue weighted by Crippen LogP contribution is 2.33. The molecule has 1 fully saturated rings. The minimum absolute atomic E-state index is 0.132. The number of aromatic nitrogens is 2. The number of amides is 1. The van der Waals surface area contributed by atoms with E-state index < -0.39 is 0 Å². The molecule has 1 atom stereocenters. The van der Waals surface area contributed by atoms with Gasteiger partial charge in [0.1, 0.15) is 17.3 Å². The Morgan fingerprint density at radius 2 is 2.14 bits per heavy atom. The molecule has 0 spiro atoms. The van der Waals surface area contributed by atoms with Crippen molar-refractivity contribution in [1.29, 1.82) is 0 Å². The van der Waals surface area contributed by atoms with Gasteiger partial charge in [-0.1, -0.05) is 6.07 Å². The molecule has 0 saturated carbocycles. The fraction of sp³-hybridized carbons (Fsp3) is 0.476. The SMILES string of the molecule is O=C1NCCc2c(NCCC3CCOC3)nc(Cc3ccc4c(c3)OCO4)nc21. The summed E-state index contributed by atoms with van der Waals surface area (Å²) in [4.78, 5) is 21.7. The molecule has 3 aliphatic rings. The van der Waals surface area contributed by atoms with E-state index in [1.54, 1.807) is 0 Å². The van der Waals surface area contributed by atoms with E-state index in [0.717, 1.165) is 67.5 Å². The zero-order valence-corrected chi connectivity index (χ0v) is 16.2. The monoisotopic (exact) mass is 396 g/mol. The Hall–Kier alpha value is -2.87. The van der Waals surface area contributed by atoms with Gasteiger partial charge in [-0.05, 0) is 42.9 Å². The molecule has 29 heavy (non-hydrogen) atoms. The van der Waals surface area contributed by atoms with Crippen LogP contribution in [0.2, 0.25) is 0 Å². The summed E-state index contributed by atoms with van der Waals surface area (Å²) in [5.41, 5.74) is 2.40. The Bertz CT molecular complexity index is 927. The highest BCUT2D eigenvalue weighted by Gasteiger charge is 2.24. The van der Waals surface area contributed by atoms with Crippen molar-refractivity contribution in [2.45, 2.75) is 25.7 Å². The van der Waals surface area contributed by atoms with Crippen molar-refractivity contribution in [3.05, 3.63) is 40.8 Å². The Morgan fingerprint density at radius 3 is 3.03 bits per heavy atom. The molecular weight excluding hydrogens is 372 g/mol. The van der Waals surface area contributed by atoms with Gasteiger partial charge in [0.15, 0.2) is 11.5 Å². The van der Waals surface area contributed by atoms with Gasteiger partial charge in [0.2, 0.25) is 6.79 Å². The molecule has 1 amide bonds. The molecular formula is C21H24N4O4. The van der Waals surface area contributed by atoms with Crippen molar-refractivity contribution in [3.63, 3.8) is 0 Å². The summed E-state index contributed by atoms with van der Waals surface area (Å²) in [6.45, 7) is 3.35. The number of ether oxygens (including phenoxy) is 3. The second-order valence-corrected chi connectivity index (χ2v) is 7.63. The molecule has 1 unspecified atom stereocenters. The van der Waals surface area contributed by atoms with E-state index in [9.17, 15) is 4.79 Å². The number of nitrogens with one attached hydrogen (secondary N) is 2. The number of carbonyl (C=O) groups excluding carboxylic acids is 1. The van der Waals surface area contributed by atoms with Crippen LogP contribution in [0.5, 0.6) is 11.5 Å². The molecule has 1 aromatic carbocycles. The third-order valence-electron chi connectivity index (χ3n) is 5.60. The van der Waals surface area contributed by atoms with E-state index in [4.69, 9.17) is 19.2 Å². The first-order chi connectivity index (χ1) is 14.3. The lowest BCUT2D eigenvalue weighted by Crippen LogP contribution is -2.34. The number of carbonyl (C=O) groups is 1. The standard InChI is InChI=1S/C21H24N4O4/c26-21-19-15(4-7-23-21)20(22-6-3-13-5-8-27-11-13)25-18(24-19)10-14-1-2-16-17(9-14)29-12-28-16/h1-2,9,13H,3-8,10-12H2,(H,23,26)(H,22,24,25). The molecule has 8 heteroatoms. The largest absolute Gasteiger partial charge is 0.454 e. The number of benzene rings is 1. The van der Waals surface area contributed by atoms with Crippen molar-refractivity contribution in [3.8, 4) is 11.5 Å². The van der Waals surface area contributed by atoms with Crippen LogP contribution in [0.3, 0.4) is 0 Å². The zero-order valence-electron chi connectivity index (χ0n) is 16.2. The van der Waals surface area contributed by atoms with Crippen molar-refractivity contribution < 1.29 is 19.0 Å². The summed E-state index contributed by atoms with van der Waals surface area (Å²) >= 11 is 0. The van der Waals surface area contributed by atoms with Gasteiger partial charge < -0.3 is 24.8 Å². The topological polar surface area (TPSA) is 94.6 Å². The molecule has 2 aromatic rings. The lowest BCUT2D eigenvalue weighted by atomic mass is 10.0. The predicted octanol–water partition coefficient (Wildman–Crippen LogP) is 1.92. The Morgan fingerprint density at radius 1 is 1.21 bits per heavy atom. The molecule has 1 aromatic heterocycles. The van der Waals surface area contributed by atoms with Crippen LogP contribution in [-0.4, -0.2) is 49.0 Å². The Kier molecular flexibility index (Phi) is 4.93. The molecule has 3 aliphatic heterocycles. The molecule has 0 aliphatic carbocycles. The van der Waals surface area contributed by atoms with Gasteiger partial charge in [0.25, 0.3) is 5.91 Å². The van der Waals surface area contributed by atoms with E-state index in [-0.39, 0.29) is 12.7 Å². The normalized spacial score (nSPS) is 19.7. The van der Waals surface area contributed by atoms with Crippen molar-refractivity contribution in [1.82, 2.24) is 15.3 Å². The first-order valence-electron chi connectivity index (χ1n) is 10.1. The smallest absolute Gasteiger partial charge is 0.270 e. The summed E-state index contributed by atoms with van der Waals surface area (Å²) in [7, 11) is 0. The van der Waals surface area contributed by atoms with E-state index in [2.05, 4.69) is 15.6 Å². The fourth-order valence-corrected chi connectivity index (χ4v) is 4.00. The second kappa shape index (κ2) is 7.87. The lowest BCUT2D eigenvalue weighted by Gasteiger charge is -2.20. The molecule has 4 heterocycles. The van der Waals surface area contributed by atoms with Gasteiger partial charge in [-0.2, -0.15) is 0 Å². The van der Waals surface area contributed by atoms with Crippen LogP contribution in [0.1, 0.15) is 40.3 Å². The van der Waals surface area contributed by atoms with Crippen LogP contribution in [0.4, 0.5) is 5.82 Å². The molecule has 2 N–H and O–H groups in total. The van der Waals surface area contributed by atoms with Crippen LogP contribution in [0.15, 0.2) is 18.2 Å². The maximum absolute atomic E-state index is 12.4. The van der Waals surface area contributed by atoms with Crippen LogP contribution >= 0.6 is 0 Å². The van der Waals surface area contributed by atoms with Crippen molar-refractivity contribution in [2.75, 3.05) is 38.4 Å². The van der Waals surface area contributed by atoms with Crippen LogP contribution in [-0.2, 0) is 17.6 Å². The number of hydrogen-bond acceptors (Lipinski definition) is 7. The molecule has 152 valence electrons. The van der Waals surface area contributed by atoms with Gasteiger partial charge in [-0.15, -0.1) is 0 Å². The summed E-state index contributed by atoms with van der Waals surface area (Å²) in [5.74, 6) is 3.34. The molecule has 5 rings (SSSR count). The number of anilines is 1. The maximum Gasteiger partial charge on any atom is 0.270 e. The van der Waals surface area contributed by atoms with E-state index in [0.29, 0.717) is 30.4 Å². The second-order valence-electron chi connectivity index (χ2n) is 7.63. The van der Waals surface area contributed by atoms with Gasteiger partial charge >= 0.3 is 0 Å². The third kappa shape index (κ3) is 3.85. The summed E-state index contributed by atoms with van der Waals surface area (Å²) in [6, 6.07) is 5.81. The van der Waals surface area contributed by atoms with Crippen LogP contribution in [0, 0.1) is 5.92 Å². The first kappa shape index (κ1) is 18.2. The van der Waals surface area contributed by atoms with Crippen LogP contribution in [0.25, 0.3) is 0 Å². The molecule has 8 nitrogen and oxygen atoms in total. The summed E-state index contributed by atoms with van der Waals surface area (Å²) in [6.07, 6.45) is 3.40.